The molecule has 0 unspecified atom stereocenters. The lowest BCUT2D eigenvalue weighted by molar-refractivity contribution is 0.0953. The molecule has 0 fully saturated rings. The molecule has 0 saturated heterocycles. The third kappa shape index (κ3) is 4.18. The number of amides is 1. The lowest BCUT2D eigenvalue weighted by Crippen LogP contribution is -2.25. The van der Waals surface area contributed by atoms with Crippen LogP contribution < -0.4 is 14.8 Å². The molecule has 1 heterocycles. The number of carbonyl (C=O) groups excluding carboxylic acids is 1. The molecule has 0 aliphatic carbocycles. The zero-order valence-electron chi connectivity index (χ0n) is 14.6. The highest BCUT2D eigenvalue weighted by atomic mass is 16.5. The molecule has 7 nitrogen and oxygen atoms in total. The van der Waals surface area contributed by atoms with Crippen LogP contribution >= 0.6 is 0 Å². The summed E-state index contributed by atoms with van der Waals surface area (Å²) in [5.74, 6) is 2.27. The summed E-state index contributed by atoms with van der Waals surface area (Å²) in [6.45, 7) is 0.398. The van der Waals surface area contributed by atoms with Crippen molar-refractivity contribution in [3.63, 3.8) is 0 Å². The standard InChI is InChI=1S/C19H19N3O4/c1-24-15-7-3-13(4-8-15)18-21-17(26-22-18)11-12-20-19(23)14-5-9-16(25-2)10-6-14/h3-10H,11-12H2,1-2H3,(H,20,23). The van der Waals surface area contributed by atoms with Crippen molar-refractivity contribution in [2.45, 2.75) is 6.42 Å². The molecule has 3 aromatic rings. The molecule has 134 valence electrons. The largest absolute Gasteiger partial charge is 0.497 e. The van der Waals surface area contributed by atoms with Crippen molar-refractivity contribution in [1.82, 2.24) is 15.5 Å². The normalized spacial score (nSPS) is 10.4. The van der Waals surface area contributed by atoms with E-state index in [-0.39, 0.29) is 5.91 Å². The Bertz CT molecular complexity index is 857. The summed E-state index contributed by atoms with van der Waals surface area (Å²) in [4.78, 5) is 16.4. The molecule has 0 atom stereocenters. The van der Waals surface area contributed by atoms with Crippen molar-refractivity contribution >= 4 is 5.91 Å². The van der Waals surface area contributed by atoms with E-state index in [2.05, 4.69) is 15.5 Å². The summed E-state index contributed by atoms with van der Waals surface area (Å²) >= 11 is 0. The van der Waals surface area contributed by atoms with Crippen molar-refractivity contribution in [1.29, 1.82) is 0 Å². The number of methoxy groups -OCH3 is 2. The fourth-order valence-corrected chi connectivity index (χ4v) is 2.34. The minimum absolute atomic E-state index is 0.164. The van der Waals surface area contributed by atoms with Gasteiger partial charge in [-0.1, -0.05) is 5.16 Å². The van der Waals surface area contributed by atoms with Gasteiger partial charge in [-0.3, -0.25) is 4.79 Å². The minimum atomic E-state index is -0.164. The highest BCUT2D eigenvalue weighted by molar-refractivity contribution is 5.94. The van der Waals surface area contributed by atoms with Crippen LogP contribution in [-0.4, -0.2) is 36.8 Å². The van der Waals surface area contributed by atoms with Gasteiger partial charge in [0.2, 0.25) is 11.7 Å². The summed E-state index contributed by atoms with van der Waals surface area (Å²) in [5, 5.41) is 6.79. The van der Waals surface area contributed by atoms with E-state index in [1.165, 1.54) is 0 Å². The van der Waals surface area contributed by atoms with E-state index in [1.807, 2.05) is 24.3 Å². The molecule has 1 amide bonds. The number of aromatic nitrogens is 2. The Morgan fingerprint density at radius 2 is 1.62 bits per heavy atom. The fourth-order valence-electron chi connectivity index (χ4n) is 2.34. The summed E-state index contributed by atoms with van der Waals surface area (Å²) < 4.78 is 15.4. The molecular weight excluding hydrogens is 334 g/mol. The molecule has 0 spiro atoms. The van der Waals surface area contributed by atoms with E-state index in [9.17, 15) is 4.79 Å². The van der Waals surface area contributed by atoms with Crippen LogP contribution in [0.1, 0.15) is 16.2 Å². The Kier molecular flexibility index (Phi) is 5.48. The van der Waals surface area contributed by atoms with Gasteiger partial charge in [-0.05, 0) is 48.5 Å². The summed E-state index contributed by atoms with van der Waals surface area (Å²) in [6.07, 6.45) is 0.449. The van der Waals surface area contributed by atoms with Crippen LogP contribution in [0.15, 0.2) is 53.1 Å². The van der Waals surface area contributed by atoms with Crippen LogP contribution in [-0.2, 0) is 6.42 Å². The van der Waals surface area contributed by atoms with Gasteiger partial charge in [0.25, 0.3) is 5.91 Å². The lowest BCUT2D eigenvalue weighted by Gasteiger charge is -2.04. The number of rotatable bonds is 7. The first-order valence-corrected chi connectivity index (χ1v) is 8.09. The van der Waals surface area contributed by atoms with E-state index < -0.39 is 0 Å². The average molecular weight is 353 g/mol. The lowest BCUT2D eigenvalue weighted by atomic mass is 10.2. The van der Waals surface area contributed by atoms with Crippen molar-refractivity contribution in [3.8, 4) is 22.9 Å². The van der Waals surface area contributed by atoms with Gasteiger partial charge in [-0.15, -0.1) is 0 Å². The molecule has 1 aromatic heterocycles. The highest BCUT2D eigenvalue weighted by Gasteiger charge is 2.10. The summed E-state index contributed by atoms with van der Waals surface area (Å²) in [5.41, 5.74) is 1.40. The van der Waals surface area contributed by atoms with Gasteiger partial charge < -0.3 is 19.3 Å². The maximum atomic E-state index is 12.1. The van der Waals surface area contributed by atoms with E-state index in [0.717, 1.165) is 11.3 Å². The highest BCUT2D eigenvalue weighted by Crippen LogP contribution is 2.19. The number of nitrogens with one attached hydrogen (secondary N) is 1. The number of carbonyl (C=O) groups is 1. The third-order valence-corrected chi connectivity index (χ3v) is 3.79. The quantitative estimate of drug-likeness (QED) is 0.703. The van der Waals surface area contributed by atoms with Crippen molar-refractivity contribution in [3.05, 3.63) is 60.0 Å². The predicted octanol–water partition coefficient (Wildman–Crippen LogP) is 2.73. The molecule has 2 aromatic carbocycles. The topological polar surface area (TPSA) is 86.5 Å². The SMILES string of the molecule is COc1ccc(C(=O)NCCc2nc(-c3ccc(OC)cc3)no2)cc1. The molecule has 0 radical (unpaired) electrons. The van der Waals surface area contributed by atoms with Crippen LogP contribution in [0.2, 0.25) is 0 Å². The summed E-state index contributed by atoms with van der Waals surface area (Å²) in [6, 6.07) is 14.3. The second-order valence-corrected chi connectivity index (χ2v) is 5.47. The van der Waals surface area contributed by atoms with Crippen molar-refractivity contribution in [2.75, 3.05) is 20.8 Å². The Hall–Kier alpha value is -3.35. The zero-order chi connectivity index (χ0) is 18.4. The second-order valence-electron chi connectivity index (χ2n) is 5.47. The molecule has 0 aliphatic rings. The molecule has 0 bridgehead atoms. The van der Waals surface area contributed by atoms with Gasteiger partial charge >= 0.3 is 0 Å². The van der Waals surface area contributed by atoms with Gasteiger partial charge in [0.1, 0.15) is 11.5 Å². The van der Waals surface area contributed by atoms with Gasteiger partial charge in [0.15, 0.2) is 0 Å². The average Bonchev–Trinajstić information content (AvgIpc) is 3.17. The van der Waals surface area contributed by atoms with Gasteiger partial charge in [-0.25, -0.2) is 0 Å². The molecule has 1 N–H and O–H groups in total. The van der Waals surface area contributed by atoms with Crippen LogP contribution in [0.3, 0.4) is 0 Å². The molecule has 3 rings (SSSR count). The summed E-state index contributed by atoms with van der Waals surface area (Å²) in [7, 11) is 3.20. The maximum Gasteiger partial charge on any atom is 0.251 e. The number of hydrogen-bond acceptors (Lipinski definition) is 6. The Morgan fingerprint density at radius 3 is 2.23 bits per heavy atom. The molecular formula is C19H19N3O4. The van der Waals surface area contributed by atoms with Crippen LogP contribution in [0.25, 0.3) is 11.4 Å². The van der Waals surface area contributed by atoms with Gasteiger partial charge in [0.05, 0.1) is 14.2 Å². The Labute approximate surface area is 150 Å². The van der Waals surface area contributed by atoms with Crippen LogP contribution in [0, 0.1) is 0 Å². The van der Waals surface area contributed by atoms with Crippen molar-refractivity contribution < 1.29 is 18.8 Å². The maximum absolute atomic E-state index is 12.1. The van der Waals surface area contributed by atoms with Crippen LogP contribution in [0.4, 0.5) is 0 Å². The molecule has 26 heavy (non-hydrogen) atoms. The number of hydrogen-bond donors (Lipinski definition) is 1. The Balaban J connectivity index is 1.53. The van der Waals surface area contributed by atoms with E-state index in [4.69, 9.17) is 14.0 Å². The third-order valence-electron chi connectivity index (χ3n) is 3.79. The van der Waals surface area contributed by atoms with Crippen molar-refractivity contribution in [2.24, 2.45) is 0 Å². The van der Waals surface area contributed by atoms with E-state index >= 15 is 0 Å². The van der Waals surface area contributed by atoms with E-state index in [0.29, 0.717) is 36.0 Å². The first-order chi connectivity index (χ1) is 12.7. The molecule has 0 aliphatic heterocycles. The first kappa shape index (κ1) is 17.5. The van der Waals surface area contributed by atoms with Crippen LogP contribution in [0.5, 0.6) is 11.5 Å². The minimum Gasteiger partial charge on any atom is -0.497 e. The molecule has 0 saturated carbocycles. The first-order valence-electron chi connectivity index (χ1n) is 8.09. The zero-order valence-corrected chi connectivity index (χ0v) is 14.6. The Morgan fingerprint density at radius 1 is 1.00 bits per heavy atom. The smallest absolute Gasteiger partial charge is 0.251 e. The van der Waals surface area contributed by atoms with Gasteiger partial charge in [-0.2, -0.15) is 4.98 Å². The number of ether oxygens (including phenoxy) is 2. The monoisotopic (exact) mass is 353 g/mol. The number of benzene rings is 2. The predicted molar refractivity (Wildman–Crippen MR) is 95.3 cm³/mol. The second kappa shape index (κ2) is 8.15. The fraction of sp³-hybridized carbons (Fsp3) is 0.211. The van der Waals surface area contributed by atoms with Gasteiger partial charge in [0, 0.05) is 24.1 Å². The number of nitrogens with zero attached hydrogens (tertiary/aromatic N) is 2. The molecule has 7 heteroatoms. The van der Waals surface area contributed by atoms with E-state index in [1.54, 1.807) is 38.5 Å².